The lowest BCUT2D eigenvalue weighted by Gasteiger charge is -2.21. The van der Waals surface area contributed by atoms with Gasteiger partial charge in [0.1, 0.15) is 5.75 Å². The van der Waals surface area contributed by atoms with Gasteiger partial charge in [-0.1, -0.05) is 6.92 Å². The largest absolute Gasteiger partial charge is 0.497 e. The number of benzene rings is 1. The second-order valence-electron chi connectivity index (χ2n) is 5.08. The molecular formula is C16H19NO4. The van der Waals surface area contributed by atoms with Crippen molar-refractivity contribution in [3.05, 3.63) is 40.2 Å². The number of hydrogen-bond donors (Lipinski definition) is 1. The van der Waals surface area contributed by atoms with Crippen LogP contribution in [-0.4, -0.2) is 22.8 Å². The van der Waals surface area contributed by atoms with Gasteiger partial charge in [-0.3, -0.25) is 9.59 Å². The van der Waals surface area contributed by atoms with E-state index in [1.54, 1.807) is 19.2 Å². The fourth-order valence-corrected chi connectivity index (χ4v) is 2.50. The number of hydrogen-bond acceptors (Lipinski definition) is 3. The van der Waals surface area contributed by atoms with E-state index in [-0.39, 0.29) is 17.9 Å². The summed E-state index contributed by atoms with van der Waals surface area (Å²) in [7, 11) is 1.55. The molecule has 2 aromatic rings. The highest BCUT2D eigenvalue weighted by Crippen LogP contribution is 2.24. The monoisotopic (exact) mass is 289 g/mol. The first kappa shape index (κ1) is 15.1. The molecule has 0 bridgehead atoms. The van der Waals surface area contributed by atoms with E-state index in [9.17, 15) is 9.59 Å². The molecule has 1 N–H and O–H groups in total. The molecule has 0 aliphatic carbocycles. The number of carboxylic acid groups (broad SMARTS) is 1. The lowest BCUT2D eigenvalue weighted by Crippen LogP contribution is -2.19. The van der Waals surface area contributed by atoms with Crippen LogP contribution in [0.5, 0.6) is 5.75 Å². The zero-order valence-electron chi connectivity index (χ0n) is 12.4. The second kappa shape index (κ2) is 5.99. The molecule has 5 heteroatoms. The number of aliphatic carboxylic acids is 1. The lowest BCUT2D eigenvalue weighted by molar-refractivity contribution is -0.136. The topological polar surface area (TPSA) is 68.5 Å². The van der Waals surface area contributed by atoms with E-state index in [2.05, 4.69) is 0 Å². The highest BCUT2D eigenvalue weighted by atomic mass is 16.5. The molecule has 0 saturated heterocycles. The molecule has 21 heavy (non-hydrogen) atoms. The first-order valence-corrected chi connectivity index (χ1v) is 6.91. The highest BCUT2D eigenvalue weighted by Gasteiger charge is 2.15. The molecule has 5 nitrogen and oxygen atoms in total. The van der Waals surface area contributed by atoms with Gasteiger partial charge in [-0.25, -0.2) is 0 Å². The molecule has 0 aliphatic heterocycles. The molecule has 0 fully saturated rings. The standard InChI is InChI=1S/C16H19NO4/c1-4-10(2)17-11(8-16(19)20)7-15(18)13-9-12(21-3)5-6-14(13)17/h5-7,9-10H,4,8H2,1-3H3,(H,19,20). The number of aromatic nitrogens is 1. The van der Waals surface area contributed by atoms with Crippen LogP contribution in [0.25, 0.3) is 10.9 Å². The van der Waals surface area contributed by atoms with Crippen LogP contribution in [0.2, 0.25) is 0 Å². The number of nitrogens with zero attached hydrogens (tertiary/aromatic N) is 1. The quantitative estimate of drug-likeness (QED) is 0.918. The smallest absolute Gasteiger partial charge is 0.309 e. The number of rotatable bonds is 5. The average Bonchev–Trinajstić information content (AvgIpc) is 2.46. The molecule has 0 saturated carbocycles. The average molecular weight is 289 g/mol. The van der Waals surface area contributed by atoms with Gasteiger partial charge in [0.2, 0.25) is 0 Å². The first-order valence-electron chi connectivity index (χ1n) is 6.91. The summed E-state index contributed by atoms with van der Waals surface area (Å²) in [5, 5.41) is 9.60. The van der Waals surface area contributed by atoms with Crippen LogP contribution in [0.15, 0.2) is 29.1 Å². The molecule has 112 valence electrons. The second-order valence-corrected chi connectivity index (χ2v) is 5.08. The SMILES string of the molecule is CCC(C)n1c(CC(=O)O)cc(=O)c2cc(OC)ccc21. The van der Waals surface area contributed by atoms with Crippen molar-refractivity contribution in [1.29, 1.82) is 0 Å². The third kappa shape index (κ3) is 2.91. The van der Waals surface area contributed by atoms with Gasteiger partial charge >= 0.3 is 5.97 Å². The molecule has 1 heterocycles. The lowest BCUT2D eigenvalue weighted by atomic mass is 10.1. The Labute approximate surface area is 122 Å². The predicted octanol–water partition coefficient (Wildman–Crippen LogP) is 2.61. The van der Waals surface area contributed by atoms with Crippen LogP contribution in [0.4, 0.5) is 0 Å². The minimum atomic E-state index is -0.945. The molecule has 0 aliphatic rings. The van der Waals surface area contributed by atoms with Crippen LogP contribution in [0.3, 0.4) is 0 Å². The molecule has 1 atom stereocenters. The minimum absolute atomic E-state index is 0.107. The minimum Gasteiger partial charge on any atom is -0.497 e. The summed E-state index contributed by atoms with van der Waals surface area (Å²) in [6.07, 6.45) is 0.679. The van der Waals surface area contributed by atoms with Crippen LogP contribution in [0.1, 0.15) is 32.0 Å². The Morgan fingerprint density at radius 3 is 2.67 bits per heavy atom. The number of carbonyl (C=O) groups is 1. The Kier molecular flexibility index (Phi) is 4.31. The summed E-state index contributed by atoms with van der Waals surface area (Å²) in [6, 6.07) is 6.82. The van der Waals surface area contributed by atoms with E-state index in [4.69, 9.17) is 9.84 Å². The Morgan fingerprint density at radius 1 is 1.38 bits per heavy atom. The summed E-state index contributed by atoms with van der Waals surface area (Å²) in [6.45, 7) is 4.04. The van der Waals surface area contributed by atoms with E-state index in [1.165, 1.54) is 6.07 Å². The van der Waals surface area contributed by atoms with Gasteiger partial charge in [0.15, 0.2) is 5.43 Å². The van der Waals surface area contributed by atoms with E-state index < -0.39 is 5.97 Å². The van der Waals surface area contributed by atoms with Crippen molar-refractivity contribution in [1.82, 2.24) is 4.57 Å². The third-order valence-corrected chi connectivity index (χ3v) is 3.70. The summed E-state index contributed by atoms with van der Waals surface area (Å²) in [5.41, 5.74) is 1.09. The Balaban J connectivity index is 2.80. The van der Waals surface area contributed by atoms with E-state index in [1.807, 2.05) is 24.5 Å². The zero-order valence-corrected chi connectivity index (χ0v) is 12.4. The van der Waals surface area contributed by atoms with Crippen LogP contribution >= 0.6 is 0 Å². The summed E-state index contributed by atoms with van der Waals surface area (Å²) < 4.78 is 7.09. The molecule has 2 rings (SSSR count). The molecule has 1 aromatic heterocycles. The Hall–Kier alpha value is -2.30. The molecular weight excluding hydrogens is 270 g/mol. The number of ether oxygens (including phenoxy) is 1. The number of carboxylic acids is 1. The van der Waals surface area contributed by atoms with Crippen LogP contribution in [-0.2, 0) is 11.2 Å². The van der Waals surface area contributed by atoms with Crippen molar-refractivity contribution >= 4 is 16.9 Å². The highest BCUT2D eigenvalue weighted by molar-refractivity contribution is 5.82. The molecule has 0 radical (unpaired) electrons. The van der Waals surface area contributed by atoms with Crippen molar-refractivity contribution in [3.8, 4) is 5.75 Å². The summed E-state index contributed by atoms with van der Waals surface area (Å²) in [5.74, 6) is -0.333. The van der Waals surface area contributed by atoms with Gasteiger partial charge in [-0.2, -0.15) is 0 Å². The third-order valence-electron chi connectivity index (χ3n) is 3.70. The van der Waals surface area contributed by atoms with Gasteiger partial charge < -0.3 is 14.4 Å². The number of pyridine rings is 1. The van der Waals surface area contributed by atoms with Crippen molar-refractivity contribution in [2.24, 2.45) is 0 Å². The van der Waals surface area contributed by atoms with Gasteiger partial charge in [0.05, 0.1) is 19.0 Å². The number of fused-ring (bicyclic) bond motifs is 1. The fourth-order valence-electron chi connectivity index (χ4n) is 2.50. The van der Waals surface area contributed by atoms with E-state index in [0.717, 1.165) is 11.9 Å². The summed E-state index contributed by atoms with van der Waals surface area (Å²) in [4.78, 5) is 23.3. The van der Waals surface area contributed by atoms with Gasteiger partial charge in [-0.15, -0.1) is 0 Å². The van der Waals surface area contributed by atoms with Crippen LogP contribution in [0, 0.1) is 0 Å². The molecule has 1 unspecified atom stereocenters. The Bertz CT molecular complexity index is 733. The van der Waals surface area contributed by atoms with E-state index >= 15 is 0 Å². The van der Waals surface area contributed by atoms with Crippen molar-refractivity contribution in [2.75, 3.05) is 7.11 Å². The van der Waals surface area contributed by atoms with Crippen molar-refractivity contribution in [3.63, 3.8) is 0 Å². The Morgan fingerprint density at radius 2 is 2.10 bits per heavy atom. The maximum atomic E-state index is 12.3. The first-order chi connectivity index (χ1) is 9.97. The van der Waals surface area contributed by atoms with Gasteiger partial charge in [-0.05, 0) is 31.5 Å². The zero-order chi connectivity index (χ0) is 15.6. The normalized spacial score (nSPS) is 12.3. The molecule has 0 spiro atoms. The van der Waals surface area contributed by atoms with E-state index in [0.29, 0.717) is 16.8 Å². The predicted molar refractivity (Wildman–Crippen MR) is 81.1 cm³/mol. The van der Waals surface area contributed by atoms with Crippen molar-refractivity contribution < 1.29 is 14.6 Å². The molecule has 1 aromatic carbocycles. The van der Waals surface area contributed by atoms with Crippen molar-refractivity contribution in [2.45, 2.75) is 32.7 Å². The maximum Gasteiger partial charge on any atom is 0.309 e. The van der Waals surface area contributed by atoms with Gasteiger partial charge in [0.25, 0.3) is 0 Å². The summed E-state index contributed by atoms with van der Waals surface area (Å²) >= 11 is 0. The fraction of sp³-hybridized carbons (Fsp3) is 0.375. The van der Waals surface area contributed by atoms with Crippen LogP contribution < -0.4 is 10.2 Å². The number of methoxy groups -OCH3 is 1. The van der Waals surface area contributed by atoms with Gasteiger partial charge in [0, 0.05) is 23.2 Å². The molecule has 0 amide bonds. The maximum absolute atomic E-state index is 12.3.